The van der Waals surface area contributed by atoms with Crippen molar-refractivity contribution in [2.75, 3.05) is 5.32 Å². The lowest BCUT2D eigenvalue weighted by molar-refractivity contribution is -0.384. The molecule has 1 aromatic carbocycles. The number of anilines is 1. The average Bonchev–Trinajstić information content (AvgIpc) is 2.60. The number of nitro groups is 1. The van der Waals surface area contributed by atoms with Crippen molar-refractivity contribution in [2.45, 2.75) is 44.2 Å². The van der Waals surface area contributed by atoms with Gasteiger partial charge >= 0.3 is 0 Å². The van der Waals surface area contributed by atoms with Crippen LogP contribution in [0.15, 0.2) is 12.1 Å². The Bertz CT molecular complexity index is 511. The Morgan fingerprint density at radius 3 is 2.65 bits per heavy atom. The van der Waals surface area contributed by atoms with Crippen LogP contribution in [0.1, 0.15) is 32.1 Å². The van der Waals surface area contributed by atoms with Crippen LogP contribution in [0.3, 0.4) is 0 Å². The van der Waals surface area contributed by atoms with Crippen molar-refractivity contribution in [2.24, 2.45) is 5.73 Å². The van der Waals surface area contributed by atoms with Crippen molar-refractivity contribution in [1.29, 1.82) is 0 Å². The fourth-order valence-corrected chi connectivity index (χ4v) is 2.53. The van der Waals surface area contributed by atoms with E-state index in [0.29, 0.717) is 6.42 Å². The first-order chi connectivity index (χ1) is 9.50. The molecule has 1 saturated carbocycles. The highest BCUT2D eigenvalue weighted by Crippen LogP contribution is 2.31. The summed E-state index contributed by atoms with van der Waals surface area (Å²) in [6.45, 7) is 0. The number of nitrogens with one attached hydrogen (secondary N) is 1. The quantitative estimate of drug-likeness (QED) is 0.508. The molecule has 110 valence electrons. The van der Waals surface area contributed by atoms with E-state index >= 15 is 0 Å². The molecule has 5 nitrogen and oxygen atoms in total. The third kappa shape index (κ3) is 3.04. The predicted molar refractivity (Wildman–Crippen MR) is 71.5 cm³/mol. The molecule has 2 atom stereocenters. The van der Waals surface area contributed by atoms with Crippen LogP contribution in [0.4, 0.5) is 20.2 Å². The summed E-state index contributed by atoms with van der Waals surface area (Å²) >= 11 is 0. The van der Waals surface area contributed by atoms with E-state index in [1.165, 1.54) is 0 Å². The maximum absolute atomic E-state index is 13.8. The van der Waals surface area contributed by atoms with Gasteiger partial charge in [0.15, 0.2) is 17.3 Å². The molecule has 2 rings (SSSR count). The van der Waals surface area contributed by atoms with Crippen LogP contribution in [0.2, 0.25) is 0 Å². The van der Waals surface area contributed by atoms with Crippen molar-refractivity contribution < 1.29 is 13.7 Å². The van der Waals surface area contributed by atoms with Crippen LogP contribution in [0, 0.1) is 21.7 Å². The van der Waals surface area contributed by atoms with E-state index in [1.54, 1.807) is 0 Å². The second-order valence-corrected chi connectivity index (χ2v) is 5.07. The smallest absolute Gasteiger partial charge is 0.295 e. The normalized spacial score (nSPS) is 23.1. The van der Waals surface area contributed by atoms with E-state index in [4.69, 9.17) is 5.73 Å². The Kier molecular flexibility index (Phi) is 4.49. The largest absolute Gasteiger partial charge is 0.373 e. The molecular weight excluding hydrogens is 268 g/mol. The van der Waals surface area contributed by atoms with E-state index in [-0.39, 0.29) is 12.1 Å². The van der Waals surface area contributed by atoms with Crippen LogP contribution < -0.4 is 11.1 Å². The first-order valence-corrected chi connectivity index (χ1v) is 6.65. The summed E-state index contributed by atoms with van der Waals surface area (Å²) in [5.41, 5.74) is 5.12. The molecule has 1 fully saturated rings. The zero-order chi connectivity index (χ0) is 14.7. The average molecular weight is 285 g/mol. The SMILES string of the molecule is NC1CCCCCC1Nc1c([N+](=O)[O-])ccc(F)c1F. The van der Waals surface area contributed by atoms with Crippen LogP contribution in [-0.4, -0.2) is 17.0 Å². The van der Waals surface area contributed by atoms with Crippen LogP contribution in [0.5, 0.6) is 0 Å². The van der Waals surface area contributed by atoms with Gasteiger partial charge in [0.2, 0.25) is 0 Å². The Labute approximate surface area is 115 Å². The van der Waals surface area contributed by atoms with Gasteiger partial charge < -0.3 is 11.1 Å². The van der Waals surface area contributed by atoms with Crippen LogP contribution in [-0.2, 0) is 0 Å². The van der Waals surface area contributed by atoms with Gasteiger partial charge in [0, 0.05) is 18.2 Å². The van der Waals surface area contributed by atoms with Crippen molar-refractivity contribution in [3.63, 3.8) is 0 Å². The summed E-state index contributed by atoms with van der Waals surface area (Å²) in [7, 11) is 0. The molecule has 0 amide bonds. The Morgan fingerprint density at radius 2 is 1.95 bits per heavy atom. The number of rotatable bonds is 3. The first kappa shape index (κ1) is 14.6. The summed E-state index contributed by atoms with van der Waals surface area (Å²) in [6.07, 6.45) is 4.37. The third-order valence-electron chi connectivity index (χ3n) is 3.67. The number of nitrogens with two attached hydrogens (primary N) is 1. The van der Waals surface area contributed by atoms with Gasteiger partial charge in [0.05, 0.1) is 4.92 Å². The van der Waals surface area contributed by atoms with Crippen LogP contribution >= 0.6 is 0 Å². The lowest BCUT2D eigenvalue weighted by Gasteiger charge is -2.24. The number of nitrogens with zero attached hydrogens (tertiary/aromatic N) is 1. The van der Waals surface area contributed by atoms with Gasteiger partial charge in [-0.05, 0) is 18.9 Å². The standard InChI is InChI=1S/C13H17F2N3O2/c14-8-6-7-11(18(19)20)13(12(8)15)17-10-5-3-1-2-4-9(10)16/h6-7,9-10,17H,1-5,16H2. The minimum Gasteiger partial charge on any atom is -0.373 e. The van der Waals surface area contributed by atoms with Gasteiger partial charge in [-0.3, -0.25) is 10.1 Å². The highest BCUT2D eigenvalue weighted by molar-refractivity contribution is 5.63. The van der Waals surface area contributed by atoms with Gasteiger partial charge in [-0.15, -0.1) is 0 Å². The van der Waals surface area contributed by atoms with Crippen molar-refractivity contribution in [1.82, 2.24) is 0 Å². The maximum Gasteiger partial charge on any atom is 0.295 e. The Morgan fingerprint density at radius 1 is 1.25 bits per heavy atom. The minimum atomic E-state index is -1.23. The maximum atomic E-state index is 13.8. The van der Waals surface area contributed by atoms with E-state index in [0.717, 1.165) is 37.8 Å². The van der Waals surface area contributed by atoms with E-state index < -0.39 is 27.9 Å². The molecule has 7 heteroatoms. The van der Waals surface area contributed by atoms with Gasteiger partial charge in [-0.2, -0.15) is 0 Å². The lowest BCUT2D eigenvalue weighted by Crippen LogP contribution is -2.39. The fourth-order valence-electron chi connectivity index (χ4n) is 2.53. The first-order valence-electron chi connectivity index (χ1n) is 6.65. The highest BCUT2D eigenvalue weighted by atomic mass is 19.2. The monoisotopic (exact) mass is 285 g/mol. The molecule has 3 N–H and O–H groups in total. The van der Waals surface area contributed by atoms with E-state index in [9.17, 15) is 18.9 Å². The molecular formula is C13H17F2N3O2. The molecule has 20 heavy (non-hydrogen) atoms. The van der Waals surface area contributed by atoms with Gasteiger partial charge in [0.1, 0.15) is 0 Å². The number of benzene rings is 1. The van der Waals surface area contributed by atoms with Gasteiger partial charge in [-0.25, -0.2) is 8.78 Å². The molecule has 0 bridgehead atoms. The zero-order valence-electron chi connectivity index (χ0n) is 10.9. The minimum absolute atomic E-state index is 0.222. The van der Waals surface area contributed by atoms with E-state index in [1.807, 2.05) is 0 Å². The topological polar surface area (TPSA) is 81.2 Å². The highest BCUT2D eigenvalue weighted by Gasteiger charge is 2.27. The van der Waals surface area contributed by atoms with Crippen molar-refractivity contribution in [3.8, 4) is 0 Å². The summed E-state index contributed by atoms with van der Waals surface area (Å²) < 4.78 is 27.1. The molecule has 0 aliphatic heterocycles. The summed E-state index contributed by atoms with van der Waals surface area (Å²) in [4.78, 5) is 10.2. The third-order valence-corrected chi connectivity index (χ3v) is 3.67. The molecule has 0 heterocycles. The molecule has 1 aromatic rings. The van der Waals surface area contributed by atoms with Gasteiger partial charge in [0.25, 0.3) is 5.69 Å². The summed E-state index contributed by atoms with van der Waals surface area (Å²) in [6, 6.07) is 1.21. The number of nitro benzene ring substituents is 1. The van der Waals surface area contributed by atoms with Gasteiger partial charge in [-0.1, -0.05) is 19.3 Å². The molecule has 1 aliphatic rings. The zero-order valence-corrected chi connectivity index (χ0v) is 10.9. The number of hydrogen-bond acceptors (Lipinski definition) is 4. The molecule has 0 aromatic heterocycles. The predicted octanol–water partition coefficient (Wildman–Crippen LogP) is 2.94. The van der Waals surface area contributed by atoms with Crippen molar-refractivity contribution in [3.05, 3.63) is 33.9 Å². The second-order valence-electron chi connectivity index (χ2n) is 5.07. The lowest BCUT2D eigenvalue weighted by atomic mass is 10.0. The number of hydrogen-bond donors (Lipinski definition) is 2. The molecule has 0 spiro atoms. The molecule has 1 aliphatic carbocycles. The van der Waals surface area contributed by atoms with Crippen molar-refractivity contribution >= 4 is 11.4 Å². The summed E-state index contributed by atoms with van der Waals surface area (Å²) in [5, 5.41) is 13.7. The Hall–Kier alpha value is -1.76. The fraction of sp³-hybridized carbons (Fsp3) is 0.538. The van der Waals surface area contributed by atoms with E-state index in [2.05, 4.69) is 5.32 Å². The molecule has 0 saturated heterocycles. The molecule has 2 unspecified atom stereocenters. The summed E-state index contributed by atoms with van der Waals surface area (Å²) in [5.74, 6) is -2.34. The van der Waals surface area contributed by atoms with Crippen LogP contribution in [0.25, 0.3) is 0 Å². The molecule has 0 radical (unpaired) electrons. The second kappa shape index (κ2) is 6.13. The number of halogens is 2. The Balaban J connectivity index is 2.31.